The zero-order valence-electron chi connectivity index (χ0n) is 10.5. The average Bonchev–Trinajstić information content (AvgIpc) is 2.91. The van der Waals surface area contributed by atoms with Crippen molar-refractivity contribution in [3.8, 4) is 0 Å². The van der Waals surface area contributed by atoms with Gasteiger partial charge in [-0.15, -0.1) is 0 Å². The molecule has 0 fully saturated rings. The zero-order chi connectivity index (χ0) is 15.6. The van der Waals surface area contributed by atoms with Crippen LogP contribution >= 0.6 is 11.6 Å². The molecular weight excluding hydrogens is 306 g/mol. The number of rotatable bonds is 4. The van der Waals surface area contributed by atoms with E-state index < -0.39 is 34.0 Å². The molecule has 2 amide bonds. The van der Waals surface area contributed by atoms with Gasteiger partial charge in [0.05, 0.1) is 12.1 Å². The fourth-order valence-corrected chi connectivity index (χ4v) is 1.73. The van der Waals surface area contributed by atoms with E-state index in [4.69, 9.17) is 21.8 Å². The summed E-state index contributed by atoms with van der Waals surface area (Å²) in [5.74, 6) is -3.45. The molecular formula is C13H9ClF2N2O3. The summed E-state index contributed by atoms with van der Waals surface area (Å²) in [4.78, 5) is 22.6. The normalized spacial score (nSPS) is 10.4. The van der Waals surface area contributed by atoms with Gasteiger partial charge in [-0.2, -0.15) is 0 Å². The highest BCUT2D eigenvalue weighted by Gasteiger charge is 2.17. The number of furan rings is 1. The van der Waals surface area contributed by atoms with Crippen LogP contribution in [0.1, 0.15) is 26.7 Å². The Kier molecular flexibility index (Phi) is 4.23. The summed E-state index contributed by atoms with van der Waals surface area (Å²) in [7, 11) is 0. The van der Waals surface area contributed by atoms with Gasteiger partial charge in [0, 0.05) is 0 Å². The third-order valence-electron chi connectivity index (χ3n) is 2.61. The third kappa shape index (κ3) is 3.19. The van der Waals surface area contributed by atoms with Crippen molar-refractivity contribution in [2.24, 2.45) is 5.73 Å². The van der Waals surface area contributed by atoms with Gasteiger partial charge in [-0.1, -0.05) is 11.6 Å². The predicted molar refractivity (Wildman–Crippen MR) is 69.8 cm³/mol. The Labute approximate surface area is 122 Å². The van der Waals surface area contributed by atoms with Crippen LogP contribution in [0, 0.1) is 11.6 Å². The lowest BCUT2D eigenvalue weighted by Crippen LogP contribution is -2.24. The monoisotopic (exact) mass is 314 g/mol. The smallest absolute Gasteiger partial charge is 0.284 e. The number of hydrogen-bond acceptors (Lipinski definition) is 3. The summed E-state index contributed by atoms with van der Waals surface area (Å²) in [5.41, 5.74) is 4.61. The maximum atomic E-state index is 13.6. The van der Waals surface area contributed by atoms with Crippen molar-refractivity contribution in [3.05, 3.63) is 58.0 Å². The molecule has 0 spiro atoms. The number of nitrogens with one attached hydrogen (secondary N) is 1. The van der Waals surface area contributed by atoms with Crippen molar-refractivity contribution in [2.75, 3.05) is 0 Å². The van der Waals surface area contributed by atoms with Gasteiger partial charge in [-0.25, -0.2) is 8.78 Å². The van der Waals surface area contributed by atoms with Crippen LogP contribution in [0.3, 0.4) is 0 Å². The first-order valence-electron chi connectivity index (χ1n) is 5.70. The summed E-state index contributed by atoms with van der Waals surface area (Å²) in [6, 6.07) is 4.65. The second kappa shape index (κ2) is 5.92. The minimum Gasteiger partial charge on any atom is -0.454 e. The molecule has 2 rings (SSSR count). The first-order chi connectivity index (χ1) is 9.90. The van der Waals surface area contributed by atoms with E-state index >= 15 is 0 Å². The number of carbonyl (C=O) groups excluding carboxylic acids is 2. The first-order valence-corrected chi connectivity index (χ1v) is 6.08. The van der Waals surface area contributed by atoms with Crippen molar-refractivity contribution in [1.29, 1.82) is 0 Å². The molecule has 0 aliphatic carbocycles. The van der Waals surface area contributed by atoms with E-state index in [0.717, 1.165) is 12.1 Å². The van der Waals surface area contributed by atoms with Gasteiger partial charge in [0.15, 0.2) is 11.6 Å². The van der Waals surface area contributed by atoms with Gasteiger partial charge in [0.1, 0.15) is 16.6 Å². The van der Waals surface area contributed by atoms with Gasteiger partial charge in [-0.05, 0) is 24.3 Å². The largest absolute Gasteiger partial charge is 0.454 e. The maximum absolute atomic E-state index is 13.6. The van der Waals surface area contributed by atoms with E-state index in [1.54, 1.807) is 0 Å². The number of primary amides is 1. The van der Waals surface area contributed by atoms with Crippen LogP contribution in [0.2, 0.25) is 5.02 Å². The lowest BCUT2D eigenvalue weighted by Gasteiger charge is -2.06. The van der Waals surface area contributed by atoms with Gasteiger partial charge in [0.25, 0.3) is 11.8 Å². The van der Waals surface area contributed by atoms with E-state index in [-0.39, 0.29) is 18.1 Å². The number of halogens is 3. The van der Waals surface area contributed by atoms with Crippen molar-refractivity contribution >= 4 is 23.4 Å². The molecule has 2 aromatic rings. The van der Waals surface area contributed by atoms with Gasteiger partial charge in [-0.3, -0.25) is 9.59 Å². The standard InChI is InChI=1S/C13H9ClF2N2O3/c14-10-8(15)3-2-7(11(10)16)13(20)18-5-6-1-4-9(21-6)12(17)19/h1-4H,5H2,(H2,17,19)(H,18,20). The molecule has 21 heavy (non-hydrogen) atoms. The SMILES string of the molecule is NC(=O)c1ccc(CNC(=O)c2ccc(F)c(Cl)c2F)o1. The molecule has 1 aromatic carbocycles. The number of nitrogens with two attached hydrogens (primary N) is 1. The fraction of sp³-hybridized carbons (Fsp3) is 0.0769. The lowest BCUT2D eigenvalue weighted by atomic mass is 10.2. The van der Waals surface area contributed by atoms with E-state index in [9.17, 15) is 18.4 Å². The maximum Gasteiger partial charge on any atom is 0.284 e. The predicted octanol–water partition coefficient (Wildman–Crippen LogP) is 2.24. The Morgan fingerprint density at radius 1 is 1.24 bits per heavy atom. The minimum absolute atomic E-state index is 0.0599. The molecule has 0 aliphatic heterocycles. The summed E-state index contributed by atoms with van der Waals surface area (Å²) in [5, 5.41) is 1.60. The zero-order valence-corrected chi connectivity index (χ0v) is 11.2. The minimum atomic E-state index is -1.15. The van der Waals surface area contributed by atoms with Crippen molar-refractivity contribution in [3.63, 3.8) is 0 Å². The van der Waals surface area contributed by atoms with Crippen LogP contribution < -0.4 is 11.1 Å². The van der Waals surface area contributed by atoms with E-state index in [1.807, 2.05) is 0 Å². The second-order valence-electron chi connectivity index (χ2n) is 4.04. The molecule has 8 heteroatoms. The summed E-state index contributed by atoms with van der Waals surface area (Å²) >= 11 is 5.38. The number of benzene rings is 1. The number of carbonyl (C=O) groups is 2. The molecule has 0 bridgehead atoms. The molecule has 0 atom stereocenters. The number of hydrogen-bond donors (Lipinski definition) is 2. The van der Waals surface area contributed by atoms with Crippen LogP contribution in [0.5, 0.6) is 0 Å². The molecule has 5 nitrogen and oxygen atoms in total. The Bertz CT molecular complexity index is 715. The molecule has 110 valence electrons. The van der Waals surface area contributed by atoms with E-state index in [1.165, 1.54) is 12.1 Å². The Morgan fingerprint density at radius 3 is 2.57 bits per heavy atom. The van der Waals surface area contributed by atoms with E-state index in [0.29, 0.717) is 0 Å². The molecule has 1 aromatic heterocycles. The summed E-state index contributed by atoms with van der Waals surface area (Å²) in [6.45, 7) is -0.0967. The Hall–Kier alpha value is -2.41. The molecule has 0 saturated carbocycles. The fourth-order valence-electron chi connectivity index (χ4n) is 1.57. The van der Waals surface area contributed by atoms with Crippen molar-refractivity contribution < 1.29 is 22.8 Å². The molecule has 0 unspecified atom stereocenters. The van der Waals surface area contributed by atoms with Gasteiger partial charge >= 0.3 is 0 Å². The number of amides is 2. The average molecular weight is 315 g/mol. The first kappa shape index (κ1) is 15.0. The molecule has 0 radical (unpaired) electrons. The second-order valence-corrected chi connectivity index (χ2v) is 4.41. The highest BCUT2D eigenvalue weighted by molar-refractivity contribution is 6.31. The Morgan fingerprint density at radius 2 is 1.95 bits per heavy atom. The van der Waals surface area contributed by atoms with Crippen molar-refractivity contribution in [1.82, 2.24) is 5.32 Å². The van der Waals surface area contributed by atoms with Gasteiger partial charge in [0.2, 0.25) is 0 Å². The summed E-state index contributed by atoms with van der Waals surface area (Å²) < 4.78 is 31.7. The van der Waals surface area contributed by atoms with Crippen LogP contribution in [-0.4, -0.2) is 11.8 Å². The quantitative estimate of drug-likeness (QED) is 0.849. The molecule has 1 heterocycles. The van der Waals surface area contributed by atoms with Crippen LogP contribution in [0.15, 0.2) is 28.7 Å². The Balaban J connectivity index is 2.08. The highest BCUT2D eigenvalue weighted by Crippen LogP contribution is 2.21. The van der Waals surface area contributed by atoms with Crippen molar-refractivity contribution in [2.45, 2.75) is 6.54 Å². The molecule has 0 saturated heterocycles. The third-order valence-corrected chi connectivity index (χ3v) is 2.95. The van der Waals surface area contributed by atoms with Gasteiger partial charge < -0.3 is 15.5 Å². The van der Waals surface area contributed by atoms with Crippen LogP contribution in [0.4, 0.5) is 8.78 Å². The van der Waals surface area contributed by atoms with Crippen LogP contribution in [0.25, 0.3) is 0 Å². The highest BCUT2D eigenvalue weighted by atomic mass is 35.5. The molecule has 3 N–H and O–H groups in total. The van der Waals surface area contributed by atoms with Crippen LogP contribution in [-0.2, 0) is 6.54 Å². The topological polar surface area (TPSA) is 85.3 Å². The van der Waals surface area contributed by atoms with E-state index in [2.05, 4.69) is 5.32 Å². The summed E-state index contributed by atoms with van der Waals surface area (Å²) in [6.07, 6.45) is 0. The lowest BCUT2D eigenvalue weighted by molar-refractivity contribution is 0.0943. The molecule has 0 aliphatic rings.